The number of piperidine rings is 1. The number of hydrogen-bond acceptors (Lipinski definition) is 3. The van der Waals surface area contributed by atoms with Crippen LogP contribution < -0.4 is 11.1 Å². The molecule has 0 spiro atoms. The molecule has 2 heterocycles. The van der Waals surface area contributed by atoms with Crippen LogP contribution in [-0.2, 0) is 0 Å². The Balaban J connectivity index is 1.74. The fourth-order valence-electron chi connectivity index (χ4n) is 3.32. The van der Waals surface area contributed by atoms with Crippen molar-refractivity contribution in [3.8, 4) is 5.69 Å². The number of primary amides is 1. The highest BCUT2D eigenvalue weighted by Gasteiger charge is 2.21. The number of carbonyl (C=O) groups is 1. The van der Waals surface area contributed by atoms with Gasteiger partial charge in [0.1, 0.15) is 11.1 Å². The van der Waals surface area contributed by atoms with Crippen molar-refractivity contribution < 1.29 is 14.9 Å². The van der Waals surface area contributed by atoms with Crippen LogP contribution in [0.5, 0.6) is 0 Å². The predicted molar refractivity (Wildman–Crippen MR) is 94.3 cm³/mol. The van der Waals surface area contributed by atoms with Gasteiger partial charge in [0.05, 0.1) is 5.69 Å². The molecule has 0 aliphatic carbocycles. The largest absolute Gasteiger partial charge is 0.365 e. The molecule has 1 unspecified atom stereocenters. The van der Waals surface area contributed by atoms with E-state index in [1.54, 1.807) is 12.1 Å². The summed E-state index contributed by atoms with van der Waals surface area (Å²) in [5.74, 6) is -4.18. The number of nitrogens with one attached hydrogen (secondary N) is 1. The first kappa shape index (κ1) is 15.5. The van der Waals surface area contributed by atoms with Crippen molar-refractivity contribution in [2.75, 3.05) is 13.1 Å². The van der Waals surface area contributed by atoms with Gasteiger partial charge in [0.15, 0.2) is 11.6 Å². The Bertz CT molecular complexity index is 1030. The lowest BCUT2D eigenvalue weighted by Gasteiger charge is -2.23. The maximum Gasteiger partial charge on any atom is 0.254 e. The van der Waals surface area contributed by atoms with Crippen LogP contribution in [0.1, 0.15) is 36.0 Å². The number of fused-ring (bicyclic) bond motifs is 1. The van der Waals surface area contributed by atoms with Gasteiger partial charge in [-0.25, -0.2) is 13.5 Å². The van der Waals surface area contributed by atoms with Crippen LogP contribution in [0.15, 0.2) is 36.5 Å². The van der Waals surface area contributed by atoms with Gasteiger partial charge in [-0.2, -0.15) is 5.10 Å². The molecule has 4 rings (SSSR count). The van der Waals surface area contributed by atoms with Crippen molar-refractivity contribution >= 4 is 16.8 Å². The Kier molecular flexibility index (Phi) is 3.86. The van der Waals surface area contributed by atoms with Crippen LogP contribution in [0.3, 0.4) is 0 Å². The molecule has 1 aliphatic rings. The van der Waals surface area contributed by atoms with E-state index in [4.69, 9.17) is 7.10 Å². The zero-order chi connectivity index (χ0) is 19.2. The smallest absolute Gasteiger partial charge is 0.254 e. The van der Waals surface area contributed by atoms with E-state index in [1.165, 1.54) is 10.9 Å². The average molecular weight is 357 g/mol. The van der Waals surface area contributed by atoms with Crippen LogP contribution >= 0.6 is 0 Å². The van der Waals surface area contributed by atoms with Gasteiger partial charge in [-0.05, 0) is 49.0 Å². The summed E-state index contributed by atoms with van der Waals surface area (Å²) in [6, 6.07) is 8.29. The number of aromatic nitrogens is 2. The second-order valence-electron chi connectivity index (χ2n) is 6.35. The Morgan fingerprint density at radius 2 is 2.12 bits per heavy atom. The molecule has 134 valence electrons. The van der Waals surface area contributed by atoms with E-state index >= 15 is 0 Å². The molecule has 1 atom stereocenters. The van der Waals surface area contributed by atoms with E-state index in [0.717, 1.165) is 31.0 Å². The molecule has 26 heavy (non-hydrogen) atoms. The summed E-state index contributed by atoms with van der Waals surface area (Å²) in [7, 11) is 0. The van der Waals surface area contributed by atoms with E-state index in [2.05, 4.69) is 10.4 Å². The normalized spacial score (nSPS) is 20.9. The fraction of sp³-hybridized carbons (Fsp3) is 0.263. The molecule has 3 N–H and O–H groups in total. The Morgan fingerprint density at radius 1 is 1.35 bits per heavy atom. The molecule has 7 heteroatoms. The average Bonchev–Trinajstić information content (AvgIpc) is 3.06. The van der Waals surface area contributed by atoms with Gasteiger partial charge in [0, 0.05) is 19.5 Å². The van der Waals surface area contributed by atoms with Gasteiger partial charge in [-0.15, -0.1) is 0 Å². The number of rotatable bonds is 3. The lowest BCUT2D eigenvalue weighted by molar-refractivity contribution is 0.0997. The van der Waals surface area contributed by atoms with Crippen LogP contribution in [-0.4, -0.2) is 28.8 Å². The molecule has 0 bridgehead atoms. The highest BCUT2D eigenvalue weighted by Crippen LogP contribution is 2.26. The third kappa shape index (κ3) is 2.84. The molecule has 1 aromatic heterocycles. The van der Waals surface area contributed by atoms with Crippen molar-refractivity contribution in [2.24, 2.45) is 5.73 Å². The molecule has 0 saturated carbocycles. The lowest BCUT2D eigenvalue weighted by Crippen LogP contribution is -2.28. The molecule has 0 radical (unpaired) electrons. The van der Waals surface area contributed by atoms with E-state index in [9.17, 15) is 13.6 Å². The van der Waals surface area contributed by atoms with Gasteiger partial charge in [0.25, 0.3) is 5.91 Å². The van der Waals surface area contributed by atoms with Gasteiger partial charge in [0.2, 0.25) is 0 Å². The topological polar surface area (TPSA) is 72.9 Å². The van der Waals surface area contributed by atoms with E-state index < -0.39 is 29.0 Å². The molecule has 1 aliphatic heterocycles. The molecule has 3 aromatic rings. The van der Waals surface area contributed by atoms with Crippen molar-refractivity contribution in [1.29, 1.82) is 0 Å². The Morgan fingerprint density at radius 3 is 2.77 bits per heavy atom. The summed E-state index contributed by atoms with van der Waals surface area (Å²) in [4.78, 5) is 11.5. The summed E-state index contributed by atoms with van der Waals surface area (Å²) in [5.41, 5.74) is 6.19. The van der Waals surface area contributed by atoms with E-state index in [-0.39, 0.29) is 10.9 Å². The van der Waals surface area contributed by atoms with Crippen molar-refractivity contribution in [3.05, 3.63) is 59.3 Å². The summed E-state index contributed by atoms with van der Waals surface area (Å²) >= 11 is 0. The molecular formula is C19H18F2N4O. The Hall–Kier alpha value is -2.80. The Labute approximate surface area is 150 Å². The summed E-state index contributed by atoms with van der Waals surface area (Å²) < 4.78 is 37.7. The maximum absolute atomic E-state index is 13.9. The minimum Gasteiger partial charge on any atom is -0.365 e. The van der Waals surface area contributed by atoms with E-state index in [0.29, 0.717) is 12.2 Å². The van der Waals surface area contributed by atoms with Crippen molar-refractivity contribution in [2.45, 2.75) is 18.7 Å². The second kappa shape index (κ2) is 6.49. The van der Waals surface area contributed by atoms with Gasteiger partial charge in [-0.3, -0.25) is 4.79 Å². The fourth-order valence-corrected chi connectivity index (χ4v) is 3.32. The molecule has 1 fully saturated rings. The number of nitrogens with zero attached hydrogens (tertiary/aromatic N) is 2. The number of halogens is 2. The summed E-state index contributed by atoms with van der Waals surface area (Å²) in [6.45, 7) is 1.52. The third-order valence-corrected chi connectivity index (χ3v) is 4.65. The maximum atomic E-state index is 13.9. The van der Waals surface area contributed by atoms with Gasteiger partial charge in [-0.1, -0.05) is 12.1 Å². The zero-order valence-electron chi connectivity index (χ0n) is 14.9. The van der Waals surface area contributed by atoms with Crippen molar-refractivity contribution in [3.63, 3.8) is 0 Å². The summed E-state index contributed by atoms with van der Waals surface area (Å²) in [5, 5.41) is 7.74. The second-order valence-corrected chi connectivity index (χ2v) is 6.35. The van der Waals surface area contributed by atoms with Crippen LogP contribution in [0.25, 0.3) is 16.6 Å². The van der Waals surface area contributed by atoms with Gasteiger partial charge < -0.3 is 11.1 Å². The molecule has 2 aromatic carbocycles. The third-order valence-electron chi connectivity index (χ3n) is 4.65. The standard InChI is InChI=1S/C19H18F2N4O/c20-15-8-13-10-25(24-18(13)16(17(15)21)19(22)26)14-5-3-11(4-6-14)12-2-1-7-23-9-12/h3-6,8,10,12,23H,1-2,7,9H2,(H2,22,26)/i12D. The number of carbonyl (C=O) groups excluding carboxylic acids is 1. The molecule has 1 amide bonds. The first-order chi connectivity index (χ1) is 12.9. The number of amides is 1. The number of benzene rings is 2. The van der Waals surface area contributed by atoms with E-state index in [1.807, 2.05) is 12.1 Å². The predicted octanol–water partition coefficient (Wildman–Crippen LogP) is 2.87. The van der Waals surface area contributed by atoms with Crippen LogP contribution in [0.4, 0.5) is 8.78 Å². The minimum absolute atomic E-state index is 0.0129. The van der Waals surface area contributed by atoms with Crippen LogP contribution in [0.2, 0.25) is 0 Å². The summed E-state index contributed by atoms with van der Waals surface area (Å²) in [6.07, 6.45) is 3.24. The molecular weight excluding hydrogens is 338 g/mol. The monoisotopic (exact) mass is 357 g/mol. The van der Waals surface area contributed by atoms with Gasteiger partial charge >= 0.3 is 0 Å². The number of hydrogen-bond donors (Lipinski definition) is 2. The number of nitrogens with two attached hydrogens (primary N) is 1. The molecule has 1 saturated heterocycles. The molecule has 5 nitrogen and oxygen atoms in total. The quantitative estimate of drug-likeness (QED) is 0.757. The van der Waals surface area contributed by atoms with Crippen LogP contribution in [0, 0.1) is 11.6 Å². The minimum atomic E-state index is -1.29. The van der Waals surface area contributed by atoms with Crippen molar-refractivity contribution in [1.82, 2.24) is 15.1 Å². The SMILES string of the molecule is [2H]C1(c2ccc(-n3cc4cc(F)c(F)c(C(N)=O)c4n3)cc2)CCCNC1. The lowest BCUT2D eigenvalue weighted by atomic mass is 9.92. The highest BCUT2D eigenvalue weighted by molar-refractivity contribution is 6.05. The highest BCUT2D eigenvalue weighted by atomic mass is 19.2. The first-order valence-electron chi connectivity index (χ1n) is 8.88. The zero-order valence-corrected chi connectivity index (χ0v) is 13.9. The first-order valence-corrected chi connectivity index (χ1v) is 8.38.